The van der Waals surface area contributed by atoms with Gasteiger partial charge in [0.15, 0.2) is 0 Å². The van der Waals surface area contributed by atoms with Gasteiger partial charge in [0.25, 0.3) is 0 Å². The number of rotatable bonds is 3. The van der Waals surface area contributed by atoms with Gasteiger partial charge in [0, 0.05) is 13.6 Å². The summed E-state index contributed by atoms with van der Waals surface area (Å²) in [5.74, 6) is -0.566. The fraction of sp³-hybridized carbons (Fsp3) is 0.417. The fourth-order valence-electron chi connectivity index (χ4n) is 2.03. The van der Waals surface area contributed by atoms with E-state index in [0.29, 0.717) is 0 Å². The number of hydrogen-bond acceptors (Lipinski definition) is 5. The minimum atomic E-state index is -3.86. The van der Waals surface area contributed by atoms with Gasteiger partial charge in [-0.05, 0) is 18.2 Å². The zero-order valence-electron chi connectivity index (χ0n) is 10.9. The number of phenols is 1. The summed E-state index contributed by atoms with van der Waals surface area (Å²) in [5, 5.41) is 11.8. The first-order chi connectivity index (χ1) is 9.46. The van der Waals surface area contributed by atoms with Gasteiger partial charge in [-0.15, -0.1) is 0 Å². The van der Waals surface area contributed by atoms with E-state index in [-0.39, 0.29) is 30.4 Å². The molecule has 1 unspecified atom stereocenters. The quantitative estimate of drug-likeness (QED) is 0.786. The summed E-state index contributed by atoms with van der Waals surface area (Å²) in [5.41, 5.74) is 0. The van der Waals surface area contributed by atoms with E-state index in [0.717, 1.165) is 10.4 Å². The first-order valence-corrected chi connectivity index (χ1v) is 7.51. The Morgan fingerprint density at radius 1 is 1.50 bits per heavy atom. The molecule has 0 aliphatic carbocycles. The lowest BCUT2D eigenvalue weighted by Gasteiger charge is -2.33. The van der Waals surface area contributed by atoms with Crippen molar-refractivity contribution >= 4 is 15.9 Å². The Balaban J connectivity index is 2.38. The normalized spacial score (nSPS) is 20.6. The number of nitrogens with one attached hydrogen (secondary N) is 1. The van der Waals surface area contributed by atoms with E-state index in [1.807, 2.05) is 0 Å². The smallest absolute Gasteiger partial charge is 0.244 e. The summed E-state index contributed by atoms with van der Waals surface area (Å²) in [4.78, 5) is 11.7. The number of carbonyl (C=O) groups excluding carboxylic acids is 1. The fourth-order valence-corrected chi connectivity index (χ4v) is 3.63. The third-order valence-electron chi connectivity index (χ3n) is 3.05. The summed E-state index contributed by atoms with van der Waals surface area (Å²) in [6.07, 6.45) is 0. The Kier molecular flexibility index (Phi) is 4.26. The number of phenolic OH excluding ortho intramolecular Hbond substituents is 1. The maximum absolute atomic E-state index is 12.5. The van der Waals surface area contributed by atoms with Gasteiger partial charge in [-0.3, -0.25) is 4.79 Å². The maximum atomic E-state index is 12.5. The second kappa shape index (κ2) is 5.78. The van der Waals surface area contributed by atoms with Crippen molar-refractivity contribution in [2.75, 3.05) is 26.8 Å². The molecule has 1 amide bonds. The monoisotopic (exact) mass is 300 g/mol. The van der Waals surface area contributed by atoms with Crippen molar-refractivity contribution in [3.63, 3.8) is 0 Å². The van der Waals surface area contributed by atoms with Crippen molar-refractivity contribution in [2.24, 2.45) is 0 Å². The molecule has 1 atom stereocenters. The number of morpholine rings is 1. The molecule has 1 aromatic carbocycles. The second-order valence-electron chi connectivity index (χ2n) is 4.32. The number of hydrogen-bond donors (Lipinski definition) is 2. The highest BCUT2D eigenvalue weighted by molar-refractivity contribution is 7.89. The van der Waals surface area contributed by atoms with Crippen molar-refractivity contribution in [1.82, 2.24) is 9.62 Å². The van der Waals surface area contributed by atoms with E-state index in [1.165, 1.54) is 25.2 Å². The van der Waals surface area contributed by atoms with Crippen LogP contribution in [0.4, 0.5) is 0 Å². The van der Waals surface area contributed by atoms with Crippen molar-refractivity contribution < 1.29 is 23.1 Å². The van der Waals surface area contributed by atoms with Crippen LogP contribution >= 0.6 is 0 Å². The predicted octanol–water partition coefficient (Wildman–Crippen LogP) is -0.472. The molecule has 1 aliphatic heterocycles. The Morgan fingerprint density at radius 2 is 2.25 bits per heavy atom. The maximum Gasteiger partial charge on any atom is 0.244 e. The molecule has 1 saturated heterocycles. The third-order valence-corrected chi connectivity index (χ3v) is 4.96. The molecule has 7 nitrogen and oxygen atoms in total. The lowest BCUT2D eigenvalue weighted by atomic mass is 10.2. The highest BCUT2D eigenvalue weighted by Gasteiger charge is 2.37. The second-order valence-corrected chi connectivity index (χ2v) is 6.21. The Morgan fingerprint density at radius 3 is 2.90 bits per heavy atom. The van der Waals surface area contributed by atoms with E-state index in [1.54, 1.807) is 0 Å². The SMILES string of the molecule is CNC(=O)C1COCCN1S(=O)(=O)c1cccc(O)c1. The topological polar surface area (TPSA) is 95.9 Å². The van der Waals surface area contributed by atoms with Crippen LogP contribution < -0.4 is 5.32 Å². The van der Waals surface area contributed by atoms with Crippen LogP contribution in [0.1, 0.15) is 0 Å². The highest BCUT2D eigenvalue weighted by Crippen LogP contribution is 2.23. The number of ether oxygens (including phenoxy) is 1. The molecule has 8 heteroatoms. The van der Waals surface area contributed by atoms with Gasteiger partial charge < -0.3 is 15.2 Å². The molecule has 1 aromatic rings. The zero-order valence-corrected chi connectivity index (χ0v) is 11.8. The molecule has 2 rings (SSSR count). The van der Waals surface area contributed by atoms with Crippen LogP contribution in [-0.2, 0) is 19.6 Å². The Bertz CT molecular complexity index is 602. The Hall–Kier alpha value is -1.64. The molecule has 0 spiro atoms. The summed E-state index contributed by atoms with van der Waals surface area (Å²) in [6, 6.07) is 4.46. The van der Waals surface area contributed by atoms with E-state index >= 15 is 0 Å². The minimum absolute atomic E-state index is 0.0116. The molecule has 110 valence electrons. The standard InChI is InChI=1S/C12H16N2O5S/c1-13-12(16)11-8-19-6-5-14(11)20(17,18)10-4-2-3-9(15)7-10/h2-4,7,11,15H,5-6,8H2,1H3,(H,13,16). The van der Waals surface area contributed by atoms with Gasteiger partial charge in [0.05, 0.1) is 18.1 Å². The van der Waals surface area contributed by atoms with E-state index < -0.39 is 22.0 Å². The van der Waals surface area contributed by atoms with E-state index in [4.69, 9.17) is 4.74 Å². The molecule has 20 heavy (non-hydrogen) atoms. The van der Waals surface area contributed by atoms with Crippen LogP contribution in [0.25, 0.3) is 0 Å². The van der Waals surface area contributed by atoms with Gasteiger partial charge >= 0.3 is 0 Å². The Labute approximate surface area is 117 Å². The van der Waals surface area contributed by atoms with E-state index in [2.05, 4.69) is 5.32 Å². The molecule has 0 radical (unpaired) electrons. The van der Waals surface area contributed by atoms with Crippen LogP contribution in [0.3, 0.4) is 0 Å². The van der Waals surface area contributed by atoms with Gasteiger partial charge in [0.2, 0.25) is 15.9 Å². The molecular weight excluding hydrogens is 284 g/mol. The third kappa shape index (κ3) is 2.77. The number of amides is 1. The first kappa shape index (κ1) is 14.8. The molecule has 2 N–H and O–H groups in total. The summed E-state index contributed by atoms with van der Waals surface area (Å²) < 4.78 is 31.4. The van der Waals surface area contributed by atoms with Crippen LogP contribution in [0.2, 0.25) is 0 Å². The molecule has 1 aliphatic rings. The summed E-state index contributed by atoms with van der Waals surface area (Å²) in [7, 11) is -2.42. The minimum Gasteiger partial charge on any atom is -0.508 e. The zero-order chi connectivity index (χ0) is 14.8. The van der Waals surface area contributed by atoms with E-state index in [9.17, 15) is 18.3 Å². The summed E-state index contributed by atoms with van der Waals surface area (Å²) in [6.45, 7) is 0.333. The average molecular weight is 300 g/mol. The molecular formula is C12H16N2O5S. The van der Waals surface area contributed by atoms with Crippen LogP contribution in [-0.4, -0.2) is 56.6 Å². The van der Waals surface area contributed by atoms with Crippen LogP contribution in [0.5, 0.6) is 5.75 Å². The first-order valence-electron chi connectivity index (χ1n) is 6.07. The molecule has 0 bridgehead atoms. The average Bonchev–Trinajstić information content (AvgIpc) is 2.46. The van der Waals surface area contributed by atoms with Gasteiger partial charge in [-0.2, -0.15) is 4.31 Å². The molecule has 1 fully saturated rings. The lowest BCUT2D eigenvalue weighted by Crippen LogP contribution is -2.55. The number of carbonyl (C=O) groups is 1. The molecule has 0 aromatic heterocycles. The number of aromatic hydroxyl groups is 1. The lowest BCUT2D eigenvalue weighted by molar-refractivity contribution is -0.128. The molecule has 0 saturated carbocycles. The van der Waals surface area contributed by atoms with Gasteiger partial charge in [-0.25, -0.2) is 8.42 Å². The van der Waals surface area contributed by atoms with Crippen molar-refractivity contribution in [3.8, 4) is 5.75 Å². The number of likely N-dealkylation sites (N-methyl/N-ethyl adjacent to an activating group) is 1. The van der Waals surface area contributed by atoms with Gasteiger partial charge in [0.1, 0.15) is 11.8 Å². The van der Waals surface area contributed by atoms with Crippen molar-refractivity contribution in [2.45, 2.75) is 10.9 Å². The number of sulfonamides is 1. The number of benzene rings is 1. The van der Waals surface area contributed by atoms with Crippen LogP contribution in [0.15, 0.2) is 29.2 Å². The largest absolute Gasteiger partial charge is 0.508 e. The highest BCUT2D eigenvalue weighted by atomic mass is 32.2. The van der Waals surface area contributed by atoms with Crippen molar-refractivity contribution in [1.29, 1.82) is 0 Å². The predicted molar refractivity (Wildman–Crippen MR) is 70.7 cm³/mol. The van der Waals surface area contributed by atoms with Crippen LogP contribution in [0, 0.1) is 0 Å². The summed E-state index contributed by atoms with van der Waals surface area (Å²) >= 11 is 0. The number of nitrogens with zero attached hydrogens (tertiary/aromatic N) is 1. The van der Waals surface area contributed by atoms with Gasteiger partial charge in [-0.1, -0.05) is 6.07 Å². The molecule has 1 heterocycles. The van der Waals surface area contributed by atoms with Crippen molar-refractivity contribution in [3.05, 3.63) is 24.3 Å².